The third-order valence-corrected chi connectivity index (χ3v) is 5.22. The molecular formula is C19H29N3O2. The maximum atomic E-state index is 12.6. The summed E-state index contributed by atoms with van der Waals surface area (Å²) in [6.45, 7) is 7.70. The van der Waals surface area contributed by atoms with Crippen LogP contribution >= 0.6 is 0 Å². The smallest absolute Gasteiger partial charge is 0.241 e. The van der Waals surface area contributed by atoms with Crippen molar-refractivity contribution in [3.8, 4) is 0 Å². The van der Waals surface area contributed by atoms with Crippen molar-refractivity contribution >= 4 is 17.5 Å². The molecule has 0 spiro atoms. The molecule has 1 fully saturated rings. The van der Waals surface area contributed by atoms with Gasteiger partial charge in [0, 0.05) is 11.6 Å². The van der Waals surface area contributed by atoms with Crippen LogP contribution in [0.25, 0.3) is 0 Å². The van der Waals surface area contributed by atoms with Crippen LogP contribution in [-0.4, -0.2) is 35.8 Å². The molecule has 1 heterocycles. The van der Waals surface area contributed by atoms with Gasteiger partial charge >= 0.3 is 0 Å². The van der Waals surface area contributed by atoms with Gasteiger partial charge in [0.2, 0.25) is 11.8 Å². The lowest BCUT2D eigenvalue weighted by Gasteiger charge is -2.34. The van der Waals surface area contributed by atoms with E-state index in [0.717, 1.165) is 38.0 Å². The topological polar surface area (TPSA) is 75.4 Å². The number of amides is 2. The number of anilines is 1. The van der Waals surface area contributed by atoms with Gasteiger partial charge in [-0.25, -0.2) is 0 Å². The van der Waals surface area contributed by atoms with Crippen LogP contribution in [0.5, 0.6) is 0 Å². The van der Waals surface area contributed by atoms with Crippen molar-refractivity contribution in [1.29, 1.82) is 0 Å². The van der Waals surface area contributed by atoms with Crippen molar-refractivity contribution in [2.24, 2.45) is 11.7 Å². The second-order valence-corrected chi connectivity index (χ2v) is 6.77. The molecule has 3 N–H and O–H groups in total. The number of piperidine rings is 1. The molecule has 132 valence electrons. The molecule has 0 aliphatic carbocycles. The second-order valence-electron chi connectivity index (χ2n) is 6.77. The summed E-state index contributed by atoms with van der Waals surface area (Å²) in [6.07, 6.45) is 2.50. The van der Waals surface area contributed by atoms with Gasteiger partial charge in [0.05, 0.1) is 6.04 Å². The number of carbonyl (C=O) groups is 2. The highest BCUT2D eigenvalue weighted by molar-refractivity contribution is 5.95. The predicted octanol–water partition coefficient (Wildman–Crippen LogP) is 2.72. The number of benzene rings is 1. The Morgan fingerprint density at radius 2 is 1.88 bits per heavy atom. The van der Waals surface area contributed by atoms with E-state index in [4.69, 9.17) is 5.73 Å². The maximum absolute atomic E-state index is 12.6. The van der Waals surface area contributed by atoms with Crippen molar-refractivity contribution in [3.63, 3.8) is 0 Å². The highest BCUT2D eigenvalue weighted by atomic mass is 16.2. The molecule has 0 unspecified atom stereocenters. The molecule has 0 saturated carbocycles. The molecule has 2 amide bonds. The Bertz CT molecular complexity index is 580. The van der Waals surface area contributed by atoms with Gasteiger partial charge in [0.15, 0.2) is 0 Å². The minimum Gasteiger partial charge on any atom is -0.369 e. The Hall–Kier alpha value is -1.88. The predicted molar refractivity (Wildman–Crippen MR) is 96.7 cm³/mol. The van der Waals surface area contributed by atoms with Gasteiger partial charge in [-0.3, -0.25) is 14.5 Å². The first-order valence-electron chi connectivity index (χ1n) is 8.87. The highest BCUT2D eigenvalue weighted by Gasteiger charge is 2.29. The van der Waals surface area contributed by atoms with E-state index >= 15 is 0 Å². The van der Waals surface area contributed by atoms with Gasteiger partial charge in [0.25, 0.3) is 0 Å². The van der Waals surface area contributed by atoms with Crippen LogP contribution in [0, 0.1) is 5.92 Å². The molecule has 1 saturated heterocycles. The fourth-order valence-corrected chi connectivity index (χ4v) is 3.23. The number of likely N-dealkylation sites (tertiary alicyclic amines) is 1. The first-order chi connectivity index (χ1) is 11.4. The van der Waals surface area contributed by atoms with Gasteiger partial charge in [-0.05, 0) is 56.8 Å². The Kier molecular flexibility index (Phi) is 6.37. The lowest BCUT2D eigenvalue weighted by atomic mass is 9.95. The van der Waals surface area contributed by atoms with Crippen LogP contribution in [0.2, 0.25) is 0 Å². The molecule has 1 aromatic rings. The van der Waals surface area contributed by atoms with Crippen LogP contribution in [0.4, 0.5) is 5.69 Å². The van der Waals surface area contributed by atoms with E-state index in [1.807, 2.05) is 25.1 Å². The van der Waals surface area contributed by atoms with Gasteiger partial charge in [-0.15, -0.1) is 0 Å². The zero-order chi connectivity index (χ0) is 17.7. The molecule has 0 radical (unpaired) electrons. The van der Waals surface area contributed by atoms with E-state index in [2.05, 4.69) is 30.1 Å². The number of nitrogens with one attached hydrogen (secondary N) is 1. The van der Waals surface area contributed by atoms with Crippen LogP contribution in [0.15, 0.2) is 24.3 Å². The van der Waals surface area contributed by atoms with Crippen LogP contribution in [0.3, 0.4) is 0 Å². The quantitative estimate of drug-likeness (QED) is 0.841. The van der Waals surface area contributed by atoms with Crippen LogP contribution in [0.1, 0.15) is 51.5 Å². The number of hydrogen-bond donors (Lipinski definition) is 2. The number of carbonyl (C=O) groups excluding carboxylic acids is 2. The summed E-state index contributed by atoms with van der Waals surface area (Å²) in [5.41, 5.74) is 7.44. The number of nitrogens with two attached hydrogens (primary N) is 1. The molecule has 5 heteroatoms. The van der Waals surface area contributed by atoms with E-state index in [-0.39, 0.29) is 23.8 Å². The fourth-order valence-electron chi connectivity index (χ4n) is 3.23. The molecule has 1 aromatic carbocycles. The largest absolute Gasteiger partial charge is 0.369 e. The zero-order valence-corrected chi connectivity index (χ0v) is 14.9. The maximum Gasteiger partial charge on any atom is 0.241 e. The number of nitrogens with zero attached hydrogens (tertiary/aromatic N) is 1. The van der Waals surface area contributed by atoms with Crippen molar-refractivity contribution in [3.05, 3.63) is 29.8 Å². The highest BCUT2D eigenvalue weighted by Crippen LogP contribution is 2.27. The van der Waals surface area contributed by atoms with Crippen LogP contribution in [-0.2, 0) is 9.59 Å². The summed E-state index contributed by atoms with van der Waals surface area (Å²) in [4.78, 5) is 26.0. The van der Waals surface area contributed by atoms with E-state index < -0.39 is 0 Å². The Balaban J connectivity index is 1.99. The Morgan fingerprint density at radius 1 is 1.25 bits per heavy atom. The van der Waals surface area contributed by atoms with Crippen molar-refractivity contribution in [1.82, 2.24) is 4.90 Å². The van der Waals surface area contributed by atoms with Crippen molar-refractivity contribution < 1.29 is 9.59 Å². The summed E-state index contributed by atoms with van der Waals surface area (Å²) in [5, 5.41) is 3.08. The Morgan fingerprint density at radius 3 is 2.46 bits per heavy atom. The van der Waals surface area contributed by atoms with Crippen LogP contribution < -0.4 is 11.1 Å². The molecule has 0 bridgehead atoms. The zero-order valence-electron chi connectivity index (χ0n) is 14.9. The number of primary amides is 1. The molecule has 24 heavy (non-hydrogen) atoms. The average molecular weight is 331 g/mol. The molecule has 1 aliphatic heterocycles. The number of hydrogen-bond acceptors (Lipinski definition) is 3. The first kappa shape index (κ1) is 18.5. The first-order valence-corrected chi connectivity index (χ1v) is 8.87. The Labute approximate surface area is 144 Å². The summed E-state index contributed by atoms with van der Waals surface area (Å²) in [5.74, 6) is 0.128. The molecular weight excluding hydrogens is 302 g/mol. The van der Waals surface area contributed by atoms with Gasteiger partial charge in [0.1, 0.15) is 0 Å². The molecule has 5 nitrogen and oxygen atoms in total. The van der Waals surface area contributed by atoms with E-state index in [1.165, 1.54) is 5.56 Å². The van der Waals surface area contributed by atoms with Gasteiger partial charge in [-0.1, -0.05) is 32.0 Å². The molecule has 0 aromatic heterocycles. The van der Waals surface area contributed by atoms with Gasteiger partial charge in [-0.2, -0.15) is 0 Å². The van der Waals surface area contributed by atoms with E-state index in [0.29, 0.717) is 5.92 Å². The lowest BCUT2D eigenvalue weighted by Crippen LogP contribution is -2.47. The summed E-state index contributed by atoms with van der Waals surface area (Å²) < 4.78 is 0. The van der Waals surface area contributed by atoms with Gasteiger partial charge < -0.3 is 11.1 Å². The number of rotatable bonds is 6. The second kappa shape index (κ2) is 8.29. The number of para-hydroxylation sites is 1. The lowest BCUT2D eigenvalue weighted by molar-refractivity contribution is -0.124. The molecule has 2 atom stereocenters. The summed E-state index contributed by atoms with van der Waals surface area (Å²) >= 11 is 0. The minimum absolute atomic E-state index is 0.00304. The minimum atomic E-state index is -0.228. The summed E-state index contributed by atoms with van der Waals surface area (Å²) in [7, 11) is 0. The molecule has 1 aliphatic rings. The standard InChI is InChI=1S/C19H29N3O2/c1-4-13(2)16-7-5-6-8-17(16)21-19(24)14(3)22-11-9-15(10-12-22)18(20)23/h5-8,13-15H,4,9-12H2,1-3H3,(H2,20,23)(H,21,24)/t13-,14-/m0/s1. The van der Waals surface area contributed by atoms with E-state index in [9.17, 15) is 9.59 Å². The van der Waals surface area contributed by atoms with Crippen molar-refractivity contribution in [2.45, 2.75) is 52.0 Å². The molecule has 2 rings (SSSR count). The third-order valence-electron chi connectivity index (χ3n) is 5.22. The SMILES string of the molecule is CC[C@H](C)c1ccccc1NC(=O)[C@H](C)N1CCC(C(N)=O)CC1. The fraction of sp³-hybridized carbons (Fsp3) is 0.579. The monoisotopic (exact) mass is 331 g/mol. The average Bonchev–Trinajstić information content (AvgIpc) is 2.60. The summed E-state index contributed by atoms with van der Waals surface area (Å²) in [6, 6.07) is 7.78. The van der Waals surface area contributed by atoms with Crippen molar-refractivity contribution in [2.75, 3.05) is 18.4 Å². The normalized spacial score (nSPS) is 18.8. The third kappa shape index (κ3) is 4.35. The van der Waals surface area contributed by atoms with E-state index in [1.54, 1.807) is 0 Å².